The molecule has 0 aliphatic carbocycles. The van der Waals surface area contributed by atoms with Gasteiger partial charge in [-0.15, -0.1) is 0 Å². The molecule has 32 heavy (non-hydrogen) atoms. The van der Waals surface area contributed by atoms with E-state index in [9.17, 15) is 0 Å². The van der Waals surface area contributed by atoms with E-state index in [0.29, 0.717) is 28.2 Å². The molecule has 1 aliphatic rings. The van der Waals surface area contributed by atoms with Crippen LogP contribution < -0.4 is 10.6 Å². The lowest BCUT2D eigenvalue weighted by atomic mass is 10.1. The van der Waals surface area contributed by atoms with E-state index >= 15 is 0 Å². The van der Waals surface area contributed by atoms with Crippen LogP contribution in [0.3, 0.4) is 0 Å². The van der Waals surface area contributed by atoms with Gasteiger partial charge in [0.15, 0.2) is 0 Å². The maximum absolute atomic E-state index is 6.33. The number of aryl methyl sites for hydroxylation is 1. The highest BCUT2D eigenvalue weighted by Gasteiger charge is 2.20. The Labute approximate surface area is 196 Å². The second kappa shape index (κ2) is 8.34. The number of benzene rings is 3. The second-order valence-electron chi connectivity index (χ2n) is 7.70. The molecule has 0 unspecified atom stereocenters. The summed E-state index contributed by atoms with van der Waals surface area (Å²) < 4.78 is 2.02. The van der Waals surface area contributed by atoms with Crippen LogP contribution in [0.5, 0.6) is 0 Å². The standard InChI is InChI=1S/C25H21Cl2N5/c1-15(13-16-7-4-3-5-8-16)24-28-14-17-20(29-24)11-12-21-23(17)32(2)25(30-21)31-22-18(26)9-6-10-19(22)27/h3-13H,14H2,1-2H3,(H,28,29)(H,30,31). The Hall–Kier alpha value is -3.28. The predicted octanol–water partition coefficient (Wildman–Crippen LogP) is 7.05. The Morgan fingerprint density at radius 3 is 2.53 bits per heavy atom. The maximum Gasteiger partial charge on any atom is 0.208 e. The highest BCUT2D eigenvalue weighted by atomic mass is 35.5. The molecule has 0 saturated carbocycles. The van der Waals surface area contributed by atoms with Crippen molar-refractivity contribution in [1.29, 1.82) is 0 Å². The molecular weight excluding hydrogens is 441 g/mol. The number of para-hydroxylation sites is 1. The number of nitrogens with zero attached hydrogens (tertiary/aromatic N) is 3. The average Bonchev–Trinajstić information content (AvgIpc) is 3.12. The Morgan fingerprint density at radius 2 is 1.78 bits per heavy atom. The molecule has 0 atom stereocenters. The van der Waals surface area contributed by atoms with Crippen LogP contribution in [0.15, 0.2) is 71.2 Å². The van der Waals surface area contributed by atoms with Gasteiger partial charge in [-0.05, 0) is 48.4 Å². The normalized spacial score (nSPS) is 13.5. The molecule has 0 spiro atoms. The van der Waals surface area contributed by atoms with Crippen molar-refractivity contribution in [2.45, 2.75) is 13.5 Å². The fraction of sp³-hybridized carbons (Fsp3) is 0.120. The number of imidazole rings is 1. The Morgan fingerprint density at radius 1 is 1.03 bits per heavy atom. The lowest BCUT2D eigenvalue weighted by Gasteiger charge is -2.20. The summed E-state index contributed by atoms with van der Waals surface area (Å²) in [5, 5.41) is 7.86. The van der Waals surface area contributed by atoms with Crippen molar-refractivity contribution in [2.24, 2.45) is 12.0 Å². The molecule has 3 aromatic carbocycles. The van der Waals surface area contributed by atoms with E-state index in [0.717, 1.165) is 39.3 Å². The van der Waals surface area contributed by atoms with Gasteiger partial charge < -0.3 is 15.2 Å². The zero-order valence-corrected chi connectivity index (χ0v) is 19.2. The van der Waals surface area contributed by atoms with E-state index in [1.54, 1.807) is 12.1 Å². The van der Waals surface area contributed by atoms with E-state index in [1.807, 2.05) is 41.9 Å². The minimum absolute atomic E-state index is 0.545. The van der Waals surface area contributed by atoms with Crippen LogP contribution in [-0.4, -0.2) is 15.4 Å². The van der Waals surface area contributed by atoms with E-state index < -0.39 is 0 Å². The molecule has 1 aliphatic heterocycles. The van der Waals surface area contributed by atoms with Gasteiger partial charge in [-0.25, -0.2) is 4.98 Å². The summed E-state index contributed by atoms with van der Waals surface area (Å²) in [4.78, 5) is 9.57. The third-order valence-electron chi connectivity index (χ3n) is 5.55. The second-order valence-corrected chi connectivity index (χ2v) is 8.52. The van der Waals surface area contributed by atoms with Crippen molar-refractivity contribution < 1.29 is 0 Å². The van der Waals surface area contributed by atoms with Gasteiger partial charge >= 0.3 is 0 Å². The molecule has 5 nitrogen and oxygen atoms in total. The fourth-order valence-electron chi connectivity index (χ4n) is 3.92. The first-order valence-corrected chi connectivity index (χ1v) is 11.0. The van der Waals surface area contributed by atoms with Crippen LogP contribution in [0.4, 0.5) is 17.3 Å². The topological polar surface area (TPSA) is 54.2 Å². The first-order chi connectivity index (χ1) is 15.5. The summed E-state index contributed by atoms with van der Waals surface area (Å²) in [6, 6.07) is 19.7. The molecule has 0 bridgehead atoms. The molecule has 2 N–H and O–H groups in total. The van der Waals surface area contributed by atoms with Gasteiger partial charge in [-0.1, -0.05) is 59.6 Å². The third-order valence-corrected chi connectivity index (χ3v) is 6.18. The van der Waals surface area contributed by atoms with Gasteiger partial charge in [0.1, 0.15) is 5.84 Å². The lowest BCUT2D eigenvalue weighted by Crippen LogP contribution is -2.19. The minimum atomic E-state index is 0.545. The largest absolute Gasteiger partial charge is 0.340 e. The molecule has 0 fully saturated rings. The van der Waals surface area contributed by atoms with E-state index in [-0.39, 0.29) is 0 Å². The highest BCUT2D eigenvalue weighted by Crippen LogP contribution is 2.35. The van der Waals surface area contributed by atoms with E-state index in [2.05, 4.69) is 41.8 Å². The van der Waals surface area contributed by atoms with Crippen molar-refractivity contribution in [3.63, 3.8) is 0 Å². The van der Waals surface area contributed by atoms with Crippen molar-refractivity contribution in [1.82, 2.24) is 9.55 Å². The van der Waals surface area contributed by atoms with Crippen LogP contribution in [-0.2, 0) is 13.6 Å². The number of aromatic nitrogens is 2. The fourth-order valence-corrected chi connectivity index (χ4v) is 4.41. The molecule has 1 aromatic heterocycles. The van der Waals surface area contributed by atoms with Gasteiger partial charge in [0.25, 0.3) is 0 Å². The molecule has 0 radical (unpaired) electrons. The number of anilines is 3. The number of rotatable bonds is 4. The van der Waals surface area contributed by atoms with Crippen molar-refractivity contribution in [3.05, 3.63) is 87.4 Å². The Kier molecular flexibility index (Phi) is 5.37. The van der Waals surface area contributed by atoms with Crippen LogP contribution >= 0.6 is 23.2 Å². The summed E-state index contributed by atoms with van der Waals surface area (Å²) in [6.07, 6.45) is 2.13. The van der Waals surface area contributed by atoms with Crippen LogP contribution in [0.1, 0.15) is 18.1 Å². The Bertz CT molecular complexity index is 1370. The summed E-state index contributed by atoms with van der Waals surface area (Å²) >= 11 is 12.7. The zero-order valence-electron chi connectivity index (χ0n) is 17.7. The number of amidine groups is 1. The number of fused-ring (bicyclic) bond motifs is 3. The highest BCUT2D eigenvalue weighted by molar-refractivity contribution is 6.39. The number of hydrogen-bond donors (Lipinski definition) is 2. The SMILES string of the molecule is CC(=Cc1ccccc1)C1=NCc2c(ccc3nc(Nc4c(Cl)cccc4Cl)n(C)c23)N1. The minimum Gasteiger partial charge on any atom is -0.340 e. The van der Waals surface area contributed by atoms with Crippen LogP contribution in [0.25, 0.3) is 17.1 Å². The predicted molar refractivity (Wildman–Crippen MR) is 135 cm³/mol. The van der Waals surface area contributed by atoms with Crippen molar-refractivity contribution in [3.8, 4) is 0 Å². The van der Waals surface area contributed by atoms with E-state index in [4.69, 9.17) is 33.2 Å². The number of nitrogens with one attached hydrogen (secondary N) is 2. The van der Waals surface area contributed by atoms with Gasteiger partial charge in [0.2, 0.25) is 5.95 Å². The van der Waals surface area contributed by atoms with Crippen molar-refractivity contribution in [2.75, 3.05) is 10.6 Å². The molecule has 0 saturated heterocycles. The number of halogens is 2. The Balaban J connectivity index is 1.48. The molecule has 2 heterocycles. The monoisotopic (exact) mass is 461 g/mol. The van der Waals surface area contributed by atoms with Gasteiger partial charge in [0.05, 0.1) is 33.3 Å². The zero-order chi connectivity index (χ0) is 22.2. The molecule has 4 aromatic rings. The number of hydrogen-bond acceptors (Lipinski definition) is 4. The van der Waals surface area contributed by atoms with Gasteiger partial charge in [-0.3, -0.25) is 4.99 Å². The smallest absolute Gasteiger partial charge is 0.208 e. The third kappa shape index (κ3) is 3.74. The lowest BCUT2D eigenvalue weighted by molar-refractivity contribution is 0.940. The first-order valence-electron chi connectivity index (χ1n) is 10.3. The number of aliphatic imine (C=N–C) groups is 1. The maximum atomic E-state index is 6.33. The van der Waals surface area contributed by atoms with E-state index in [1.165, 1.54) is 0 Å². The van der Waals surface area contributed by atoms with Gasteiger partial charge in [0, 0.05) is 18.3 Å². The summed E-state index contributed by atoms with van der Waals surface area (Å²) in [6.45, 7) is 2.64. The molecule has 7 heteroatoms. The van der Waals surface area contributed by atoms with Crippen LogP contribution in [0.2, 0.25) is 10.0 Å². The molecule has 0 amide bonds. The van der Waals surface area contributed by atoms with Crippen LogP contribution in [0, 0.1) is 0 Å². The molecule has 5 rings (SSSR count). The quantitative estimate of drug-likeness (QED) is 0.342. The first kappa shape index (κ1) is 20.6. The van der Waals surface area contributed by atoms with Crippen molar-refractivity contribution >= 4 is 63.5 Å². The summed E-state index contributed by atoms with van der Waals surface area (Å²) in [7, 11) is 1.97. The molecule has 160 valence electrons. The summed E-state index contributed by atoms with van der Waals surface area (Å²) in [5.41, 5.74) is 6.92. The van der Waals surface area contributed by atoms with Gasteiger partial charge in [-0.2, -0.15) is 0 Å². The average molecular weight is 462 g/mol. The molecular formula is C25H21Cl2N5. The summed E-state index contributed by atoms with van der Waals surface area (Å²) in [5.74, 6) is 1.54.